The first kappa shape index (κ1) is 15.2. The summed E-state index contributed by atoms with van der Waals surface area (Å²) in [6.45, 7) is 9.64. The predicted molar refractivity (Wildman–Crippen MR) is 80.2 cm³/mol. The number of aromatic nitrogens is 2. The molecule has 0 bridgehead atoms. The molecule has 5 nitrogen and oxygen atoms in total. The molecule has 18 heavy (non-hydrogen) atoms. The van der Waals surface area contributed by atoms with E-state index in [0.29, 0.717) is 12.0 Å². The second-order valence-corrected chi connectivity index (χ2v) is 5.03. The molecule has 0 aromatic carbocycles. The Balaban J connectivity index is 2.65. The fourth-order valence-electron chi connectivity index (χ4n) is 1.74. The molecule has 1 unspecified atom stereocenters. The van der Waals surface area contributed by atoms with Crippen molar-refractivity contribution in [2.45, 2.75) is 26.8 Å². The number of hydrogen-bond acceptors (Lipinski definition) is 5. The molecular weight excluding hydrogens is 294 g/mol. The molecule has 0 saturated carbocycles. The highest BCUT2D eigenvalue weighted by Crippen LogP contribution is 2.20. The first-order chi connectivity index (χ1) is 8.60. The lowest BCUT2D eigenvalue weighted by Crippen LogP contribution is -2.35. The lowest BCUT2D eigenvalue weighted by Gasteiger charge is -2.24. The molecule has 1 aromatic heterocycles. The molecular formula is C12H22BrN5. The number of hydrogen-bond donors (Lipinski definition) is 2. The third kappa shape index (κ3) is 4.42. The van der Waals surface area contributed by atoms with E-state index in [-0.39, 0.29) is 0 Å². The highest BCUT2D eigenvalue weighted by atomic mass is 79.9. The Morgan fingerprint density at radius 1 is 1.39 bits per heavy atom. The maximum absolute atomic E-state index is 4.39. The van der Waals surface area contributed by atoms with Crippen molar-refractivity contribution in [1.29, 1.82) is 0 Å². The van der Waals surface area contributed by atoms with E-state index >= 15 is 0 Å². The highest BCUT2D eigenvalue weighted by molar-refractivity contribution is 9.10. The van der Waals surface area contributed by atoms with Crippen molar-refractivity contribution < 1.29 is 0 Å². The van der Waals surface area contributed by atoms with Gasteiger partial charge in [-0.25, -0.2) is 4.98 Å². The number of nitrogens with zero attached hydrogens (tertiary/aromatic N) is 3. The lowest BCUT2D eigenvalue weighted by atomic mass is 10.3. The fraction of sp³-hybridized carbons (Fsp3) is 0.667. The summed E-state index contributed by atoms with van der Waals surface area (Å²) in [7, 11) is 1.81. The van der Waals surface area contributed by atoms with Crippen LogP contribution in [0.15, 0.2) is 10.7 Å². The molecule has 1 rings (SSSR count). The van der Waals surface area contributed by atoms with E-state index in [2.05, 4.69) is 62.2 Å². The molecule has 6 heteroatoms. The minimum atomic E-state index is 0.334. The van der Waals surface area contributed by atoms with Crippen LogP contribution in [0.3, 0.4) is 0 Å². The van der Waals surface area contributed by atoms with E-state index in [9.17, 15) is 0 Å². The summed E-state index contributed by atoms with van der Waals surface area (Å²) in [4.78, 5) is 10.9. The molecule has 2 N–H and O–H groups in total. The van der Waals surface area contributed by atoms with Gasteiger partial charge in [0.1, 0.15) is 5.82 Å². The van der Waals surface area contributed by atoms with Crippen LogP contribution in [-0.4, -0.2) is 47.6 Å². The molecule has 0 saturated heterocycles. The van der Waals surface area contributed by atoms with Gasteiger partial charge in [-0.15, -0.1) is 0 Å². The molecule has 0 aliphatic carbocycles. The van der Waals surface area contributed by atoms with Gasteiger partial charge in [-0.1, -0.05) is 13.8 Å². The number of rotatable bonds is 7. The minimum Gasteiger partial charge on any atom is -0.365 e. The Kier molecular flexibility index (Phi) is 6.35. The van der Waals surface area contributed by atoms with Crippen LogP contribution in [-0.2, 0) is 0 Å². The molecule has 102 valence electrons. The predicted octanol–water partition coefficient (Wildman–Crippen LogP) is 2.42. The highest BCUT2D eigenvalue weighted by Gasteiger charge is 2.10. The van der Waals surface area contributed by atoms with Gasteiger partial charge >= 0.3 is 0 Å². The molecule has 0 fully saturated rings. The molecule has 0 radical (unpaired) electrons. The van der Waals surface area contributed by atoms with Crippen LogP contribution < -0.4 is 10.6 Å². The van der Waals surface area contributed by atoms with Crippen molar-refractivity contribution in [2.75, 3.05) is 37.3 Å². The van der Waals surface area contributed by atoms with Crippen LogP contribution >= 0.6 is 15.9 Å². The third-order valence-electron chi connectivity index (χ3n) is 2.78. The van der Waals surface area contributed by atoms with Crippen molar-refractivity contribution in [3.05, 3.63) is 10.7 Å². The van der Waals surface area contributed by atoms with Gasteiger partial charge < -0.3 is 15.5 Å². The van der Waals surface area contributed by atoms with E-state index in [1.165, 1.54) is 0 Å². The molecule has 1 heterocycles. The smallest absolute Gasteiger partial charge is 0.224 e. The van der Waals surface area contributed by atoms with E-state index in [0.717, 1.165) is 29.9 Å². The van der Waals surface area contributed by atoms with Crippen LogP contribution in [0.2, 0.25) is 0 Å². The summed E-state index contributed by atoms with van der Waals surface area (Å²) in [5, 5.41) is 6.34. The van der Waals surface area contributed by atoms with Crippen LogP contribution in [0.5, 0.6) is 0 Å². The van der Waals surface area contributed by atoms with Gasteiger partial charge in [0, 0.05) is 25.8 Å². The van der Waals surface area contributed by atoms with Gasteiger partial charge in [-0.3, -0.25) is 0 Å². The lowest BCUT2D eigenvalue weighted by molar-refractivity contribution is 0.294. The Bertz CT molecular complexity index is 367. The topological polar surface area (TPSA) is 53.1 Å². The monoisotopic (exact) mass is 315 g/mol. The van der Waals surface area contributed by atoms with Crippen molar-refractivity contribution >= 4 is 27.7 Å². The second-order valence-electron chi connectivity index (χ2n) is 4.17. The van der Waals surface area contributed by atoms with Crippen LogP contribution in [0, 0.1) is 0 Å². The van der Waals surface area contributed by atoms with Gasteiger partial charge in [-0.2, -0.15) is 4.98 Å². The average molecular weight is 316 g/mol. The zero-order valence-corrected chi connectivity index (χ0v) is 13.1. The zero-order valence-electron chi connectivity index (χ0n) is 11.5. The zero-order chi connectivity index (χ0) is 13.5. The summed E-state index contributed by atoms with van der Waals surface area (Å²) in [6.07, 6.45) is 1.76. The van der Waals surface area contributed by atoms with Gasteiger partial charge in [0.25, 0.3) is 0 Å². The summed E-state index contributed by atoms with van der Waals surface area (Å²) in [5.41, 5.74) is 0. The Labute approximate surface area is 118 Å². The number of anilines is 2. The maximum Gasteiger partial charge on any atom is 0.224 e. The van der Waals surface area contributed by atoms with Crippen LogP contribution in [0.25, 0.3) is 0 Å². The molecule has 1 aromatic rings. The van der Waals surface area contributed by atoms with Gasteiger partial charge in [0.15, 0.2) is 0 Å². The number of likely N-dealkylation sites (N-methyl/N-ethyl adjacent to an activating group) is 1. The van der Waals surface area contributed by atoms with E-state index in [1.54, 1.807) is 6.20 Å². The molecule has 0 aliphatic rings. The minimum absolute atomic E-state index is 0.334. The summed E-state index contributed by atoms with van der Waals surface area (Å²) >= 11 is 3.46. The normalized spacial score (nSPS) is 12.6. The van der Waals surface area contributed by atoms with E-state index in [4.69, 9.17) is 0 Å². The van der Waals surface area contributed by atoms with Crippen molar-refractivity contribution in [3.63, 3.8) is 0 Å². The van der Waals surface area contributed by atoms with Crippen molar-refractivity contribution in [1.82, 2.24) is 14.9 Å². The third-order valence-corrected chi connectivity index (χ3v) is 3.36. The summed E-state index contributed by atoms with van der Waals surface area (Å²) < 4.78 is 0.882. The Hall–Kier alpha value is -0.880. The molecule has 0 amide bonds. The Morgan fingerprint density at radius 2 is 2.06 bits per heavy atom. The largest absolute Gasteiger partial charge is 0.365 e. The van der Waals surface area contributed by atoms with Gasteiger partial charge in [-0.05, 0) is 35.9 Å². The average Bonchev–Trinajstić information content (AvgIpc) is 2.38. The van der Waals surface area contributed by atoms with Crippen molar-refractivity contribution in [3.8, 4) is 0 Å². The SMILES string of the molecule is CCN(CC)CC(C)Nc1nc(NC)ncc1Br. The molecule has 1 atom stereocenters. The van der Waals surface area contributed by atoms with Gasteiger partial charge in [0.05, 0.1) is 4.47 Å². The number of halogens is 1. The van der Waals surface area contributed by atoms with Crippen molar-refractivity contribution in [2.24, 2.45) is 0 Å². The standard InChI is InChI=1S/C12H22BrN5/c1-5-18(6-2)8-9(3)16-11-10(13)7-15-12(14-4)17-11/h7,9H,5-6,8H2,1-4H3,(H2,14,15,16,17). The summed E-state index contributed by atoms with van der Waals surface area (Å²) in [6, 6.07) is 0.334. The fourth-order valence-corrected chi connectivity index (χ4v) is 2.04. The molecule has 0 aliphatic heterocycles. The van der Waals surface area contributed by atoms with Gasteiger partial charge in [0.2, 0.25) is 5.95 Å². The second kappa shape index (κ2) is 7.53. The van der Waals surface area contributed by atoms with Crippen LogP contribution in [0.1, 0.15) is 20.8 Å². The van der Waals surface area contributed by atoms with Crippen LogP contribution in [0.4, 0.5) is 11.8 Å². The Morgan fingerprint density at radius 3 is 2.61 bits per heavy atom. The van der Waals surface area contributed by atoms with E-state index < -0.39 is 0 Å². The maximum atomic E-state index is 4.39. The number of nitrogens with one attached hydrogen (secondary N) is 2. The quantitative estimate of drug-likeness (QED) is 0.809. The summed E-state index contributed by atoms with van der Waals surface area (Å²) in [5.74, 6) is 1.45. The molecule has 0 spiro atoms. The van der Waals surface area contributed by atoms with E-state index in [1.807, 2.05) is 7.05 Å². The first-order valence-electron chi connectivity index (χ1n) is 6.29. The first-order valence-corrected chi connectivity index (χ1v) is 7.09.